The minimum Gasteiger partial charge on any atom is -0.478 e. The van der Waals surface area contributed by atoms with Gasteiger partial charge in [0.2, 0.25) is 0 Å². The first-order valence-electron chi connectivity index (χ1n) is 7.60. The van der Waals surface area contributed by atoms with Gasteiger partial charge in [-0.3, -0.25) is 0 Å². The Hall–Kier alpha value is -2.34. The molecule has 136 valence electrons. The van der Waals surface area contributed by atoms with E-state index in [0.29, 0.717) is 35.2 Å². The smallest absolute Gasteiger partial charge is 0.335 e. The van der Waals surface area contributed by atoms with Gasteiger partial charge in [0.15, 0.2) is 0 Å². The molecule has 0 saturated carbocycles. The highest BCUT2D eigenvalue weighted by atomic mass is 35.5. The number of carboxylic acids is 1. The predicted octanol–water partition coefficient (Wildman–Crippen LogP) is 5.15. The van der Waals surface area contributed by atoms with Crippen molar-refractivity contribution in [3.63, 3.8) is 0 Å². The van der Waals surface area contributed by atoms with Gasteiger partial charge in [-0.2, -0.15) is 0 Å². The van der Waals surface area contributed by atoms with E-state index >= 15 is 0 Å². The number of aromatic carboxylic acids is 1. The normalized spacial score (nSPS) is 10.4. The van der Waals surface area contributed by atoms with Crippen LogP contribution in [0.5, 0.6) is 0 Å². The van der Waals surface area contributed by atoms with Gasteiger partial charge < -0.3 is 14.8 Å². The van der Waals surface area contributed by atoms with Crippen molar-refractivity contribution in [3.05, 3.63) is 82.3 Å². The Bertz CT molecular complexity index is 894. The summed E-state index contributed by atoms with van der Waals surface area (Å²) >= 11 is 6.14. The zero-order valence-corrected chi connectivity index (χ0v) is 15.1. The van der Waals surface area contributed by atoms with Crippen molar-refractivity contribution in [2.24, 2.45) is 0 Å². The molecule has 0 aliphatic carbocycles. The molecule has 1 aromatic heterocycles. The van der Waals surface area contributed by atoms with Gasteiger partial charge in [0.05, 0.1) is 17.1 Å². The first kappa shape index (κ1) is 20.0. The van der Waals surface area contributed by atoms with Gasteiger partial charge in [-0.25, -0.2) is 9.18 Å². The highest BCUT2D eigenvalue weighted by molar-refractivity contribution is 6.33. The summed E-state index contributed by atoms with van der Waals surface area (Å²) in [4.78, 5) is 11.1. The molecule has 0 aliphatic heterocycles. The van der Waals surface area contributed by atoms with Crippen LogP contribution in [-0.4, -0.2) is 11.1 Å². The van der Waals surface area contributed by atoms with E-state index in [2.05, 4.69) is 5.32 Å². The van der Waals surface area contributed by atoms with Crippen LogP contribution < -0.4 is 5.32 Å². The molecule has 3 aromatic rings. The van der Waals surface area contributed by atoms with Gasteiger partial charge in [-0.05, 0) is 48.0 Å². The Kier molecular flexibility index (Phi) is 6.80. The molecule has 1 heterocycles. The molecule has 0 saturated heterocycles. The van der Waals surface area contributed by atoms with Gasteiger partial charge in [0.1, 0.15) is 17.3 Å². The van der Waals surface area contributed by atoms with Crippen LogP contribution in [-0.2, 0) is 13.1 Å². The van der Waals surface area contributed by atoms with E-state index in [1.54, 1.807) is 24.3 Å². The second kappa shape index (κ2) is 8.85. The summed E-state index contributed by atoms with van der Waals surface area (Å²) in [5, 5.41) is 12.7. The lowest BCUT2D eigenvalue weighted by molar-refractivity contribution is 0.0697. The molecule has 0 aliphatic rings. The molecule has 0 unspecified atom stereocenters. The van der Waals surface area contributed by atoms with Crippen LogP contribution >= 0.6 is 24.0 Å². The minimum absolute atomic E-state index is 0. The van der Waals surface area contributed by atoms with Crippen molar-refractivity contribution in [1.29, 1.82) is 0 Å². The fraction of sp³-hybridized carbons (Fsp3) is 0.105. The standard InChI is InChI=1S/C19H15ClFNO3.ClH/c20-17-7-3-13(19(23)24)9-16(17)18-8-6-15(25-18)11-22-10-12-1-4-14(21)5-2-12;/h1-9,22H,10-11H2,(H,23,24);1H. The molecule has 4 nitrogen and oxygen atoms in total. The maximum absolute atomic E-state index is 12.9. The third-order valence-electron chi connectivity index (χ3n) is 3.68. The Morgan fingerprint density at radius 1 is 1.08 bits per heavy atom. The summed E-state index contributed by atoms with van der Waals surface area (Å²) in [7, 11) is 0. The van der Waals surface area contributed by atoms with Crippen LogP contribution in [0, 0.1) is 5.82 Å². The van der Waals surface area contributed by atoms with E-state index in [9.17, 15) is 9.18 Å². The van der Waals surface area contributed by atoms with E-state index in [1.807, 2.05) is 0 Å². The first-order chi connectivity index (χ1) is 12.0. The average molecular weight is 396 g/mol. The Morgan fingerprint density at radius 3 is 2.50 bits per heavy atom. The van der Waals surface area contributed by atoms with Crippen molar-refractivity contribution in [2.45, 2.75) is 13.1 Å². The predicted molar refractivity (Wildman–Crippen MR) is 100 cm³/mol. The topological polar surface area (TPSA) is 62.5 Å². The Morgan fingerprint density at radius 2 is 1.81 bits per heavy atom. The van der Waals surface area contributed by atoms with Gasteiger partial charge in [-0.1, -0.05) is 23.7 Å². The van der Waals surface area contributed by atoms with E-state index in [0.717, 1.165) is 5.56 Å². The lowest BCUT2D eigenvalue weighted by Gasteiger charge is -2.04. The van der Waals surface area contributed by atoms with Gasteiger partial charge in [-0.15, -0.1) is 12.4 Å². The maximum Gasteiger partial charge on any atom is 0.335 e. The van der Waals surface area contributed by atoms with Crippen LogP contribution in [0.3, 0.4) is 0 Å². The fourth-order valence-electron chi connectivity index (χ4n) is 2.40. The van der Waals surface area contributed by atoms with Crippen LogP contribution in [0.2, 0.25) is 5.02 Å². The number of carboxylic acid groups (broad SMARTS) is 1. The molecule has 0 radical (unpaired) electrons. The SMILES string of the molecule is Cl.O=C(O)c1ccc(Cl)c(-c2ccc(CNCc3ccc(F)cc3)o2)c1. The molecule has 3 rings (SSSR count). The van der Waals surface area contributed by atoms with Crippen molar-refractivity contribution in [2.75, 3.05) is 0 Å². The fourth-order valence-corrected chi connectivity index (χ4v) is 2.61. The molecule has 0 fully saturated rings. The molecule has 2 N–H and O–H groups in total. The van der Waals surface area contributed by atoms with E-state index in [-0.39, 0.29) is 23.8 Å². The van der Waals surface area contributed by atoms with Gasteiger partial charge >= 0.3 is 5.97 Å². The monoisotopic (exact) mass is 395 g/mol. The summed E-state index contributed by atoms with van der Waals surface area (Å²) < 4.78 is 18.6. The summed E-state index contributed by atoms with van der Waals surface area (Å²) in [6.45, 7) is 1.05. The zero-order valence-electron chi connectivity index (χ0n) is 13.5. The average Bonchev–Trinajstić information content (AvgIpc) is 3.05. The molecule has 26 heavy (non-hydrogen) atoms. The lowest BCUT2D eigenvalue weighted by atomic mass is 10.1. The number of furan rings is 1. The molecule has 2 aromatic carbocycles. The Balaban J connectivity index is 0.00000243. The van der Waals surface area contributed by atoms with Crippen molar-refractivity contribution < 1.29 is 18.7 Å². The molecule has 0 atom stereocenters. The summed E-state index contributed by atoms with van der Waals surface area (Å²) in [6, 6.07) is 14.3. The maximum atomic E-state index is 12.9. The lowest BCUT2D eigenvalue weighted by Crippen LogP contribution is -2.11. The molecule has 0 spiro atoms. The molecule has 0 bridgehead atoms. The van der Waals surface area contributed by atoms with Gasteiger partial charge in [0, 0.05) is 12.1 Å². The number of nitrogens with one attached hydrogen (secondary N) is 1. The van der Waals surface area contributed by atoms with Crippen LogP contribution in [0.4, 0.5) is 4.39 Å². The number of carbonyl (C=O) groups is 1. The second-order valence-corrected chi connectivity index (χ2v) is 5.90. The number of rotatable bonds is 6. The van der Waals surface area contributed by atoms with E-state index in [1.165, 1.54) is 30.3 Å². The number of hydrogen-bond donors (Lipinski definition) is 2. The molecular formula is C19H16Cl2FNO3. The second-order valence-electron chi connectivity index (χ2n) is 5.50. The quantitative estimate of drug-likeness (QED) is 0.605. The van der Waals surface area contributed by atoms with E-state index in [4.69, 9.17) is 21.1 Å². The minimum atomic E-state index is -1.02. The molecule has 0 amide bonds. The van der Waals surface area contributed by atoms with E-state index < -0.39 is 5.97 Å². The van der Waals surface area contributed by atoms with Gasteiger partial charge in [0.25, 0.3) is 0 Å². The summed E-state index contributed by atoms with van der Waals surface area (Å²) in [5.74, 6) is -0.0915. The van der Waals surface area contributed by atoms with Crippen molar-refractivity contribution in [3.8, 4) is 11.3 Å². The number of benzene rings is 2. The highest BCUT2D eigenvalue weighted by Crippen LogP contribution is 2.30. The van der Waals surface area contributed by atoms with Crippen LogP contribution in [0.15, 0.2) is 59.0 Å². The van der Waals surface area contributed by atoms with Crippen molar-refractivity contribution >= 4 is 30.0 Å². The zero-order chi connectivity index (χ0) is 17.8. The molecule has 7 heteroatoms. The summed E-state index contributed by atoms with van der Waals surface area (Å²) in [6.07, 6.45) is 0. The third kappa shape index (κ3) is 4.85. The summed E-state index contributed by atoms with van der Waals surface area (Å²) in [5.41, 5.74) is 1.64. The van der Waals surface area contributed by atoms with Crippen LogP contribution in [0.1, 0.15) is 21.7 Å². The number of hydrogen-bond acceptors (Lipinski definition) is 3. The third-order valence-corrected chi connectivity index (χ3v) is 4.01. The van der Waals surface area contributed by atoms with Crippen molar-refractivity contribution in [1.82, 2.24) is 5.32 Å². The molecular weight excluding hydrogens is 380 g/mol. The largest absolute Gasteiger partial charge is 0.478 e. The highest BCUT2D eigenvalue weighted by Gasteiger charge is 2.12. The van der Waals surface area contributed by atoms with Crippen LogP contribution in [0.25, 0.3) is 11.3 Å². The Labute approximate surface area is 161 Å². The first-order valence-corrected chi connectivity index (χ1v) is 7.98. The number of halogens is 3.